The van der Waals surface area contributed by atoms with Crippen molar-refractivity contribution >= 4 is 23.5 Å². The maximum absolute atomic E-state index is 12.9. The van der Waals surface area contributed by atoms with Crippen molar-refractivity contribution in [1.29, 1.82) is 0 Å². The predicted octanol–water partition coefficient (Wildman–Crippen LogP) is 0.363. The Balaban J connectivity index is 1.65. The Labute approximate surface area is 189 Å². The zero-order chi connectivity index (χ0) is 23.8. The Morgan fingerprint density at radius 3 is 1.55 bits per heavy atom. The summed E-state index contributed by atoms with van der Waals surface area (Å²) in [4.78, 5) is 17.4. The Morgan fingerprint density at radius 1 is 0.727 bits per heavy atom. The van der Waals surface area contributed by atoms with Gasteiger partial charge in [-0.25, -0.2) is 0 Å². The van der Waals surface area contributed by atoms with Gasteiger partial charge in [-0.2, -0.15) is 28.1 Å². The van der Waals surface area contributed by atoms with Crippen molar-refractivity contribution in [2.45, 2.75) is 43.2 Å². The molecule has 0 radical (unpaired) electrons. The highest BCUT2D eigenvalue weighted by Gasteiger charge is 2.31. The summed E-state index contributed by atoms with van der Waals surface area (Å²) in [6.45, 7) is 2.09. The largest absolute Gasteiger partial charge is 0.416 e. The molecule has 0 amide bonds. The number of halogens is 3. The van der Waals surface area contributed by atoms with E-state index >= 15 is 0 Å². The number of nitrogens with zero attached hydrogens (tertiary/aromatic N) is 5. The molecule has 2 saturated heterocycles. The molecule has 0 spiro atoms. The number of hydrogen-bond donors (Lipinski definition) is 5. The van der Waals surface area contributed by atoms with Crippen molar-refractivity contribution in [3.8, 4) is 0 Å². The zero-order valence-electron chi connectivity index (χ0n) is 18.0. The third-order valence-corrected chi connectivity index (χ3v) is 5.68. The van der Waals surface area contributed by atoms with Gasteiger partial charge in [-0.1, -0.05) is 0 Å². The molecule has 1 aromatic carbocycles. The summed E-state index contributed by atoms with van der Waals surface area (Å²) >= 11 is 0. The number of nitrogens with one attached hydrogen (secondary N) is 1. The molecule has 0 unspecified atom stereocenters. The Morgan fingerprint density at radius 2 is 1.15 bits per heavy atom. The molecule has 10 nitrogen and oxygen atoms in total. The van der Waals surface area contributed by atoms with Crippen molar-refractivity contribution in [2.24, 2.45) is 22.9 Å². The lowest BCUT2D eigenvalue weighted by Gasteiger charge is -2.37. The van der Waals surface area contributed by atoms with E-state index in [-0.39, 0.29) is 30.1 Å². The van der Waals surface area contributed by atoms with Crippen LogP contribution >= 0.6 is 0 Å². The van der Waals surface area contributed by atoms with Crippen LogP contribution in [-0.2, 0) is 6.18 Å². The van der Waals surface area contributed by atoms with Crippen LogP contribution in [0.3, 0.4) is 0 Å². The van der Waals surface area contributed by atoms with Crippen molar-refractivity contribution in [3.63, 3.8) is 0 Å². The number of alkyl halides is 3. The van der Waals surface area contributed by atoms with E-state index in [1.165, 1.54) is 12.1 Å². The molecule has 4 rings (SSSR count). The minimum Gasteiger partial charge on any atom is -0.338 e. The van der Waals surface area contributed by atoms with Gasteiger partial charge < -0.3 is 38.1 Å². The van der Waals surface area contributed by atoms with Crippen LogP contribution in [0.1, 0.15) is 18.4 Å². The lowest BCUT2D eigenvalue weighted by Crippen LogP contribution is -2.54. The van der Waals surface area contributed by atoms with Crippen LogP contribution in [0.2, 0.25) is 0 Å². The van der Waals surface area contributed by atoms with Gasteiger partial charge in [-0.05, 0) is 37.1 Å². The van der Waals surface area contributed by atoms with Gasteiger partial charge in [-0.3, -0.25) is 0 Å². The molecule has 4 atom stereocenters. The highest BCUT2D eigenvalue weighted by Crippen LogP contribution is 2.30. The van der Waals surface area contributed by atoms with E-state index in [9.17, 15) is 13.2 Å². The SMILES string of the molecule is N[C@@H]1C[C@H](N)CN(c2nc(Nc3ccc(C(F)(F)F)cc3)nc(N3C[C@H](N)C[C@H](N)C3)n2)C1. The van der Waals surface area contributed by atoms with Crippen LogP contribution in [0.5, 0.6) is 0 Å². The Hall–Kier alpha value is -2.74. The maximum Gasteiger partial charge on any atom is 0.416 e. The normalized spacial score (nSPS) is 26.4. The van der Waals surface area contributed by atoms with Gasteiger partial charge in [0.05, 0.1) is 5.56 Å². The smallest absolute Gasteiger partial charge is 0.338 e. The van der Waals surface area contributed by atoms with Gasteiger partial charge in [0.15, 0.2) is 0 Å². The number of piperidine rings is 2. The number of aromatic nitrogens is 3. The lowest BCUT2D eigenvalue weighted by atomic mass is 10.0. The van der Waals surface area contributed by atoms with Gasteiger partial charge in [-0.15, -0.1) is 0 Å². The summed E-state index contributed by atoms with van der Waals surface area (Å²) in [7, 11) is 0. The summed E-state index contributed by atoms with van der Waals surface area (Å²) in [6.07, 6.45) is -3.02. The predicted molar refractivity (Wildman–Crippen MR) is 120 cm³/mol. The number of anilines is 4. The van der Waals surface area contributed by atoms with E-state index in [1.54, 1.807) is 0 Å². The van der Waals surface area contributed by atoms with Gasteiger partial charge in [0.25, 0.3) is 0 Å². The minimum absolute atomic E-state index is 0.128. The van der Waals surface area contributed by atoms with Crippen molar-refractivity contribution < 1.29 is 13.2 Å². The third-order valence-electron chi connectivity index (χ3n) is 5.68. The lowest BCUT2D eigenvalue weighted by molar-refractivity contribution is -0.137. The van der Waals surface area contributed by atoms with E-state index in [2.05, 4.69) is 20.3 Å². The van der Waals surface area contributed by atoms with Gasteiger partial charge >= 0.3 is 6.18 Å². The average Bonchev–Trinajstić information content (AvgIpc) is 2.72. The van der Waals surface area contributed by atoms with Crippen LogP contribution in [0, 0.1) is 0 Å². The average molecular weight is 467 g/mol. The maximum atomic E-state index is 12.9. The molecule has 33 heavy (non-hydrogen) atoms. The highest BCUT2D eigenvalue weighted by molar-refractivity contribution is 5.57. The second-order valence-electron chi connectivity index (χ2n) is 8.78. The van der Waals surface area contributed by atoms with Gasteiger partial charge in [0, 0.05) is 56.0 Å². The second kappa shape index (κ2) is 9.25. The molecule has 13 heteroatoms. The quantitative estimate of drug-likeness (QED) is 0.425. The summed E-state index contributed by atoms with van der Waals surface area (Å²) in [5.41, 5.74) is 24.2. The molecule has 0 bridgehead atoms. The minimum atomic E-state index is -4.41. The van der Waals surface area contributed by atoms with Crippen molar-refractivity contribution in [2.75, 3.05) is 41.3 Å². The third kappa shape index (κ3) is 5.79. The van der Waals surface area contributed by atoms with Crippen LogP contribution < -0.4 is 38.1 Å². The number of hydrogen-bond acceptors (Lipinski definition) is 10. The van der Waals surface area contributed by atoms with Crippen molar-refractivity contribution in [1.82, 2.24) is 15.0 Å². The number of nitrogens with two attached hydrogens (primary N) is 4. The summed E-state index contributed by atoms with van der Waals surface area (Å²) in [5.74, 6) is 0.954. The Kier molecular flexibility index (Phi) is 6.56. The molecular formula is C20H29F3N10. The molecule has 2 aromatic rings. The number of rotatable bonds is 4. The Bertz CT molecular complexity index is 890. The number of benzene rings is 1. The fourth-order valence-corrected chi connectivity index (χ4v) is 4.25. The monoisotopic (exact) mass is 466 g/mol. The highest BCUT2D eigenvalue weighted by atomic mass is 19.4. The fraction of sp³-hybridized carbons (Fsp3) is 0.550. The molecule has 2 aliphatic rings. The second-order valence-corrected chi connectivity index (χ2v) is 8.78. The summed E-state index contributed by atoms with van der Waals surface area (Å²) < 4.78 is 38.7. The molecule has 3 heterocycles. The van der Waals surface area contributed by atoms with Crippen LogP contribution in [0.15, 0.2) is 24.3 Å². The van der Waals surface area contributed by atoms with Crippen molar-refractivity contribution in [3.05, 3.63) is 29.8 Å². The molecule has 9 N–H and O–H groups in total. The molecule has 2 fully saturated rings. The first-order valence-electron chi connectivity index (χ1n) is 10.8. The van der Waals surface area contributed by atoms with Crippen LogP contribution in [0.25, 0.3) is 0 Å². The first-order chi connectivity index (χ1) is 15.6. The van der Waals surface area contributed by atoms with E-state index < -0.39 is 11.7 Å². The topological polar surface area (TPSA) is 161 Å². The fourth-order valence-electron chi connectivity index (χ4n) is 4.25. The molecule has 180 valence electrons. The molecule has 0 aliphatic carbocycles. The molecule has 0 saturated carbocycles. The first kappa shape index (κ1) is 23.4. The van der Waals surface area contributed by atoms with Crippen LogP contribution in [0.4, 0.5) is 36.7 Å². The van der Waals surface area contributed by atoms with E-state index in [0.717, 1.165) is 12.1 Å². The molecule has 2 aliphatic heterocycles. The molecule has 1 aromatic heterocycles. The first-order valence-corrected chi connectivity index (χ1v) is 10.8. The van der Waals surface area contributed by atoms with E-state index in [1.807, 2.05) is 9.80 Å². The molecular weight excluding hydrogens is 437 g/mol. The van der Waals surface area contributed by atoms with E-state index in [4.69, 9.17) is 22.9 Å². The van der Waals surface area contributed by atoms with Crippen LogP contribution in [-0.4, -0.2) is 65.3 Å². The van der Waals surface area contributed by atoms with E-state index in [0.29, 0.717) is 56.6 Å². The summed E-state index contributed by atoms with van der Waals surface area (Å²) in [6, 6.07) is 4.13. The zero-order valence-corrected chi connectivity index (χ0v) is 18.0. The standard InChI is InChI=1S/C20H29F3N10/c21-20(22,23)11-1-3-16(4-2-11)28-17-29-18(32-7-12(24)5-13(25)8-32)31-19(30-17)33-9-14(26)6-15(27)10-33/h1-4,12-15H,5-10,24-27H2,(H,28,29,30,31)/t12-,13+,14-,15+. The van der Waals surface area contributed by atoms with Gasteiger partial charge in [0.2, 0.25) is 17.8 Å². The summed E-state index contributed by atoms with van der Waals surface area (Å²) in [5, 5.41) is 2.98. The van der Waals surface area contributed by atoms with Gasteiger partial charge in [0.1, 0.15) is 0 Å².